The summed E-state index contributed by atoms with van der Waals surface area (Å²) in [5, 5.41) is 7.83. The van der Waals surface area contributed by atoms with Crippen LogP contribution in [0.2, 0.25) is 0 Å². The van der Waals surface area contributed by atoms with Crippen molar-refractivity contribution in [3.63, 3.8) is 0 Å². The van der Waals surface area contributed by atoms with Gasteiger partial charge in [0.1, 0.15) is 17.0 Å². The third-order valence-electron chi connectivity index (χ3n) is 22.6. The molecule has 0 aromatic rings. The van der Waals surface area contributed by atoms with Crippen molar-refractivity contribution in [3.05, 3.63) is 0 Å². The first-order valence-corrected chi connectivity index (χ1v) is 37.3. The van der Waals surface area contributed by atoms with Crippen LogP contribution < -0.4 is 16.0 Å². The zero-order chi connectivity index (χ0) is 69.6. The lowest BCUT2D eigenvalue weighted by molar-refractivity contribution is -0.119. The standard InChI is InChI=1S/C24H41N3O4.C21H36N4O3.C14H26N2O2.C10H15NO3.C2H4ClNO.CH4/c1-5-30-21(28)26-16-24(17-26)11-8-19(15-24)25-13-9-18(10-14-25)20-7-6-12-27(20)22(29)31-23(2,3)4;1-3-28-20(27)24-14-21(15-24)9-6-17(13-21)23-11-7-16(8-12-23)18-5-4-10-25(18)19(26)22-2;1-14(2,3)18-13(17)16-10-4-5-12(16)11-6-8-15-9-7-11;1-2-14-9(13)11-6-10(7-11)4-3-8(12)5-10;1-4-2(3)5;/h18-20H,5-17H2,1-4H3;16-18H,3-15H2,1-2H3,(H,22,26);11-12,15H,4-10H2,1-3H3;2-7H2,1H3;1H3,(H,4,5);1H4/t19?,20-;17?,18-;12-;;;/m000.../s1. The number of likely N-dealkylation sites (tertiary alicyclic amines) is 8. The molecule has 3 saturated carbocycles. The molecule has 3 N–H and O–H groups in total. The van der Waals surface area contributed by atoms with Crippen molar-refractivity contribution in [1.29, 1.82) is 0 Å². The second-order valence-corrected chi connectivity index (χ2v) is 32.1. The van der Waals surface area contributed by atoms with E-state index in [-0.39, 0.29) is 49.3 Å². The van der Waals surface area contributed by atoms with Crippen molar-refractivity contribution in [3.8, 4) is 0 Å². The molecule has 9 aliphatic heterocycles. The average Bonchev–Trinajstić information content (AvgIpc) is 1.64. The zero-order valence-electron chi connectivity index (χ0n) is 60.5. The molecule has 12 rings (SSSR count). The van der Waals surface area contributed by atoms with Crippen LogP contribution in [0.3, 0.4) is 0 Å². The van der Waals surface area contributed by atoms with Crippen LogP contribution >= 0.6 is 11.6 Å². The molecule has 3 spiro atoms. The van der Waals surface area contributed by atoms with E-state index in [1.165, 1.54) is 84.1 Å². The maximum atomic E-state index is 12.7. The molecule has 0 aromatic carbocycles. The molecule has 5 atom stereocenters. The highest BCUT2D eigenvalue weighted by Crippen LogP contribution is 2.50. The van der Waals surface area contributed by atoms with E-state index >= 15 is 0 Å². The number of piperidine rings is 3. The SMILES string of the molecule is C.CC(C)(C)OC(=O)N1CCC[C@H]1C1CCNCC1.CCOC(=O)N1CC2(CCC(=O)C2)C1.CCOC(=O)N1CC2(CCC(N3CCC([C@@H]4CCCN4C(=O)NC)CC3)C2)C1.CCOC(=O)N1CC2(CCC(N3CCC([C@@H]4CCCN4C(=O)OC(C)(C)C)CC3)C2)C1.CNC(=O)Cl. The van der Waals surface area contributed by atoms with Crippen LogP contribution in [0.15, 0.2) is 0 Å². The molecule has 9 heterocycles. The van der Waals surface area contributed by atoms with Gasteiger partial charge < -0.3 is 78.8 Å². The second kappa shape index (κ2) is 35.5. The van der Waals surface area contributed by atoms with Crippen molar-refractivity contribution in [2.75, 3.05) is 132 Å². The number of hydrogen-bond donors (Lipinski definition) is 3. The predicted molar refractivity (Wildman–Crippen MR) is 375 cm³/mol. The summed E-state index contributed by atoms with van der Waals surface area (Å²) in [7, 11) is 3.20. The van der Waals surface area contributed by atoms with Gasteiger partial charge in [-0.15, -0.1) is 0 Å². The number of halogens is 1. The molecule has 0 radical (unpaired) electrons. The molecule has 97 heavy (non-hydrogen) atoms. The van der Waals surface area contributed by atoms with E-state index in [0.717, 1.165) is 130 Å². The molecule has 2 unspecified atom stereocenters. The Morgan fingerprint density at radius 1 is 0.485 bits per heavy atom. The van der Waals surface area contributed by atoms with Gasteiger partial charge in [-0.05, 0) is 253 Å². The molecule has 0 aromatic heterocycles. The van der Waals surface area contributed by atoms with Gasteiger partial charge in [-0.3, -0.25) is 9.59 Å². The van der Waals surface area contributed by atoms with Gasteiger partial charge in [0, 0.05) is 132 Å². The van der Waals surface area contributed by atoms with Gasteiger partial charge in [-0.1, -0.05) is 7.43 Å². The van der Waals surface area contributed by atoms with Crippen LogP contribution in [0, 0.1) is 34.0 Å². The molecule has 0 bridgehead atoms. The van der Waals surface area contributed by atoms with E-state index < -0.39 is 16.6 Å². The van der Waals surface area contributed by atoms with E-state index in [0.29, 0.717) is 110 Å². The van der Waals surface area contributed by atoms with Gasteiger partial charge >= 0.3 is 41.9 Å². The molecule has 554 valence electrons. The number of carbonyl (C=O) groups is 8. The Morgan fingerprint density at radius 3 is 1.16 bits per heavy atom. The molecule has 8 amide bonds. The summed E-state index contributed by atoms with van der Waals surface area (Å²) in [6.45, 7) is 32.7. The number of ketones is 1. The highest BCUT2D eigenvalue weighted by atomic mass is 35.5. The number of ether oxygens (including phenoxy) is 5. The van der Waals surface area contributed by atoms with Crippen LogP contribution in [0.25, 0.3) is 0 Å². The maximum Gasteiger partial charge on any atom is 0.410 e. The fourth-order valence-electron chi connectivity index (χ4n) is 18.0. The van der Waals surface area contributed by atoms with Gasteiger partial charge in [-0.25, -0.2) is 28.8 Å². The van der Waals surface area contributed by atoms with Crippen LogP contribution in [-0.2, 0) is 28.5 Å². The van der Waals surface area contributed by atoms with Gasteiger partial charge in [0.2, 0.25) is 0 Å². The van der Waals surface area contributed by atoms with Crippen LogP contribution in [0.5, 0.6) is 0 Å². The minimum atomic E-state index is -0.523. The molecular weight excluding hydrogens is 1260 g/mol. The number of amides is 8. The fourth-order valence-corrected chi connectivity index (χ4v) is 18.0. The third-order valence-corrected chi connectivity index (χ3v) is 22.8. The van der Waals surface area contributed by atoms with Crippen molar-refractivity contribution in [2.45, 2.75) is 246 Å². The summed E-state index contributed by atoms with van der Waals surface area (Å²) >= 11 is 4.71. The Kier molecular flexibility index (Phi) is 29.0. The first kappa shape index (κ1) is 79.3. The van der Waals surface area contributed by atoms with Gasteiger partial charge in [0.15, 0.2) is 0 Å². The highest BCUT2D eigenvalue weighted by molar-refractivity contribution is 6.62. The summed E-state index contributed by atoms with van der Waals surface area (Å²) in [6.07, 6.45) is 22.8. The largest absolute Gasteiger partial charge is 0.450 e. The van der Waals surface area contributed by atoms with E-state index in [1.54, 1.807) is 18.9 Å². The topological polar surface area (TPSA) is 245 Å². The summed E-state index contributed by atoms with van der Waals surface area (Å²) in [5.74, 6) is 2.23. The number of carbonyl (C=O) groups excluding carboxylic acids is 8. The lowest BCUT2D eigenvalue weighted by Gasteiger charge is -2.48. The number of nitrogens with zero attached hydrogens (tertiary/aromatic N) is 8. The van der Waals surface area contributed by atoms with Crippen molar-refractivity contribution in [1.82, 2.24) is 55.1 Å². The number of urea groups is 1. The lowest BCUT2D eigenvalue weighted by atomic mass is 9.78. The van der Waals surface area contributed by atoms with Crippen molar-refractivity contribution in [2.24, 2.45) is 34.0 Å². The quantitative estimate of drug-likeness (QED) is 0.116. The molecule has 12 aliphatic rings. The summed E-state index contributed by atoms with van der Waals surface area (Å²) in [5.41, 5.74) is -0.0401. The van der Waals surface area contributed by atoms with Crippen molar-refractivity contribution < 1.29 is 62.0 Å². The lowest BCUT2D eigenvalue weighted by Crippen LogP contribution is -2.58. The molecule has 24 nitrogen and oxygen atoms in total. The summed E-state index contributed by atoms with van der Waals surface area (Å²) < 4.78 is 26.3. The van der Waals surface area contributed by atoms with Gasteiger partial charge in [0.25, 0.3) is 0 Å². The summed E-state index contributed by atoms with van der Waals surface area (Å²) in [6, 6.07) is 2.60. The number of rotatable bonds is 8. The second-order valence-electron chi connectivity index (χ2n) is 31.8. The minimum Gasteiger partial charge on any atom is -0.450 e. The smallest absolute Gasteiger partial charge is 0.410 e. The van der Waals surface area contributed by atoms with Gasteiger partial charge in [-0.2, -0.15) is 0 Å². The Bertz CT molecular complexity index is 2590. The Labute approximate surface area is 586 Å². The number of hydrogen-bond acceptors (Lipinski definition) is 16. The average molecular weight is 1390 g/mol. The first-order chi connectivity index (χ1) is 45.6. The van der Waals surface area contributed by atoms with E-state index in [4.69, 9.17) is 35.3 Å². The minimum absolute atomic E-state index is 0. The Balaban J connectivity index is 0.000000184. The van der Waals surface area contributed by atoms with E-state index in [1.807, 2.05) is 75.0 Å². The number of Topliss-reactive ketones (excluding diaryl/α,β-unsaturated/α-hetero) is 1. The van der Waals surface area contributed by atoms with Crippen molar-refractivity contribution >= 4 is 59.2 Å². The molecular formula is C72H126ClN11O13. The first-order valence-electron chi connectivity index (χ1n) is 36.9. The monoisotopic (exact) mass is 1390 g/mol. The van der Waals surface area contributed by atoms with Gasteiger partial charge in [0.05, 0.1) is 19.8 Å². The molecule has 12 fully saturated rings. The number of nitrogens with one attached hydrogen (secondary N) is 3. The van der Waals surface area contributed by atoms with Crippen LogP contribution in [0.1, 0.15) is 205 Å². The Hall–Kier alpha value is -5.07. The zero-order valence-corrected chi connectivity index (χ0v) is 61.2. The third kappa shape index (κ3) is 21.5. The van der Waals surface area contributed by atoms with E-state index in [9.17, 15) is 38.4 Å². The summed E-state index contributed by atoms with van der Waals surface area (Å²) in [4.78, 5) is 109. The fraction of sp³-hybridized carbons (Fsp3) is 0.889. The highest BCUT2D eigenvalue weighted by Gasteiger charge is 2.54. The normalized spacial score (nSPS) is 26.8. The van der Waals surface area contributed by atoms with Crippen LogP contribution in [0.4, 0.5) is 33.6 Å². The molecule has 9 saturated heterocycles. The molecule has 3 aliphatic carbocycles. The molecule has 25 heteroatoms. The van der Waals surface area contributed by atoms with Crippen LogP contribution in [-0.4, -0.2) is 260 Å². The maximum absolute atomic E-state index is 12.7. The van der Waals surface area contributed by atoms with E-state index in [2.05, 4.69) is 30.7 Å². The Morgan fingerprint density at radius 2 is 0.835 bits per heavy atom. The predicted octanol–water partition coefficient (Wildman–Crippen LogP) is 11.4.